The number of carbonyl (C=O) groups excluding carboxylic acids is 2. The van der Waals surface area contributed by atoms with Gasteiger partial charge in [0, 0.05) is 23.6 Å². The molecular weight excluding hydrogens is 402 g/mol. The quantitative estimate of drug-likeness (QED) is 0.582. The number of benzene rings is 1. The van der Waals surface area contributed by atoms with E-state index in [-0.39, 0.29) is 11.4 Å². The molecular formula is C22H26BFN2O5. The summed E-state index contributed by atoms with van der Waals surface area (Å²) in [5.41, 5.74) is 0.612. The molecule has 1 aromatic heterocycles. The molecule has 1 unspecified atom stereocenters. The fraction of sp³-hybridized carbons (Fsp3) is 0.409. The van der Waals surface area contributed by atoms with Gasteiger partial charge >= 0.3 is 13.1 Å². The summed E-state index contributed by atoms with van der Waals surface area (Å²) in [6.07, 6.45) is -1.31. The molecule has 1 aromatic carbocycles. The summed E-state index contributed by atoms with van der Waals surface area (Å²) in [5.74, 6) is -1.58. The molecule has 3 rings (SSSR count). The minimum Gasteiger partial charge on any atom is -0.447 e. The van der Waals surface area contributed by atoms with E-state index >= 15 is 0 Å². The van der Waals surface area contributed by atoms with Gasteiger partial charge < -0.3 is 19.4 Å². The first-order chi connectivity index (χ1) is 14.4. The topological polar surface area (TPSA) is 86.8 Å². The van der Waals surface area contributed by atoms with Gasteiger partial charge in [-0.15, -0.1) is 0 Å². The van der Waals surface area contributed by atoms with Crippen LogP contribution in [0.3, 0.4) is 0 Å². The second-order valence-electron chi connectivity index (χ2n) is 8.49. The Hall–Kier alpha value is -2.78. The lowest BCUT2D eigenvalue weighted by Crippen LogP contribution is -2.41. The molecule has 164 valence electrons. The van der Waals surface area contributed by atoms with Crippen LogP contribution in [0, 0.1) is 12.7 Å². The third-order valence-electron chi connectivity index (χ3n) is 5.56. The summed E-state index contributed by atoms with van der Waals surface area (Å²) in [4.78, 5) is 28.7. The van der Waals surface area contributed by atoms with Crippen LogP contribution in [0.1, 0.15) is 52.0 Å². The van der Waals surface area contributed by atoms with E-state index < -0.39 is 42.1 Å². The third-order valence-corrected chi connectivity index (χ3v) is 5.56. The van der Waals surface area contributed by atoms with Crippen molar-refractivity contribution in [1.29, 1.82) is 0 Å². The highest BCUT2D eigenvalue weighted by Gasteiger charge is 2.52. The second kappa shape index (κ2) is 8.40. The number of anilines is 1. The van der Waals surface area contributed by atoms with Crippen molar-refractivity contribution >= 4 is 30.3 Å². The van der Waals surface area contributed by atoms with Crippen LogP contribution in [0.4, 0.5) is 10.2 Å². The van der Waals surface area contributed by atoms with Crippen molar-refractivity contribution < 1.29 is 28.0 Å². The molecule has 1 aliphatic rings. The van der Waals surface area contributed by atoms with Crippen LogP contribution in [0.5, 0.6) is 0 Å². The standard InChI is InChI=1S/C22H26BFN2O5/c1-13-17(23-30-21(3,4)22(5,6)31-23)10-11-18(25-13)26-20(28)19(29-14(2)27)15-8-7-9-16(24)12-15/h7-12,19H,1-6H3,(H,25,26,28). The molecule has 2 heterocycles. The molecule has 1 amide bonds. The average Bonchev–Trinajstić information content (AvgIpc) is 2.86. The number of nitrogens with zero attached hydrogens (tertiary/aromatic N) is 1. The molecule has 1 saturated heterocycles. The van der Waals surface area contributed by atoms with Gasteiger partial charge in [0.25, 0.3) is 5.91 Å². The fourth-order valence-electron chi connectivity index (χ4n) is 3.16. The zero-order valence-electron chi connectivity index (χ0n) is 18.5. The van der Waals surface area contributed by atoms with Gasteiger partial charge in [0.2, 0.25) is 6.10 Å². The van der Waals surface area contributed by atoms with Crippen LogP contribution in [0.15, 0.2) is 36.4 Å². The lowest BCUT2D eigenvalue weighted by Gasteiger charge is -2.32. The van der Waals surface area contributed by atoms with Crippen LogP contribution in [0.2, 0.25) is 0 Å². The predicted molar refractivity (Wildman–Crippen MR) is 114 cm³/mol. The van der Waals surface area contributed by atoms with Gasteiger partial charge in [-0.1, -0.05) is 18.2 Å². The van der Waals surface area contributed by atoms with E-state index in [1.807, 2.05) is 27.7 Å². The summed E-state index contributed by atoms with van der Waals surface area (Å²) in [5, 5.41) is 2.63. The number of hydrogen-bond acceptors (Lipinski definition) is 6. The molecule has 31 heavy (non-hydrogen) atoms. The van der Waals surface area contributed by atoms with Gasteiger partial charge in [0.15, 0.2) is 0 Å². The average molecular weight is 428 g/mol. The van der Waals surface area contributed by atoms with Crippen LogP contribution in [0.25, 0.3) is 0 Å². The number of rotatable bonds is 5. The highest BCUT2D eigenvalue weighted by atomic mass is 19.1. The Morgan fingerprint density at radius 1 is 1.13 bits per heavy atom. The molecule has 0 aliphatic carbocycles. The molecule has 1 aliphatic heterocycles. The van der Waals surface area contributed by atoms with E-state index in [1.165, 1.54) is 25.1 Å². The lowest BCUT2D eigenvalue weighted by molar-refractivity contribution is -0.152. The molecule has 1 N–H and O–H groups in total. The molecule has 0 saturated carbocycles. The number of amides is 1. The number of ether oxygens (including phenoxy) is 1. The van der Waals surface area contributed by atoms with Gasteiger partial charge in [0.1, 0.15) is 11.6 Å². The normalized spacial score (nSPS) is 17.8. The number of nitrogens with one attached hydrogen (secondary N) is 1. The van der Waals surface area contributed by atoms with E-state index in [1.54, 1.807) is 19.1 Å². The number of hydrogen-bond donors (Lipinski definition) is 1. The Labute approximate surface area is 181 Å². The fourth-order valence-corrected chi connectivity index (χ4v) is 3.16. The Bertz CT molecular complexity index is 995. The number of aromatic nitrogens is 1. The van der Waals surface area contributed by atoms with Gasteiger partial charge in [-0.05, 0) is 52.8 Å². The first kappa shape index (κ1) is 22.9. The summed E-state index contributed by atoms with van der Waals surface area (Å²) < 4.78 is 30.8. The molecule has 7 nitrogen and oxygen atoms in total. The minimum atomic E-state index is -1.31. The second-order valence-corrected chi connectivity index (χ2v) is 8.49. The minimum absolute atomic E-state index is 0.221. The smallest absolute Gasteiger partial charge is 0.447 e. The Balaban J connectivity index is 1.80. The van der Waals surface area contributed by atoms with E-state index in [2.05, 4.69) is 10.3 Å². The summed E-state index contributed by atoms with van der Waals surface area (Å²) in [7, 11) is -0.580. The van der Waals surface area contributed by atoms with Gasteiger partial charge in [-0.2, -0.15) is 0 Å². The maximum atomic E-state index is 13.6. The maximum Gasteiger partial charge on any atom is 0.496 e. The van der Waals surface area contributed by atoms with Crippen molar-refractivity contribution in [2.45, 2.75) is 58.8 Å². The van der Waals surface area contributed by atoms with Crippen molar-refractivity contribution in [2.75, 3.05) is 5.32 Å². The Morgan fingerprint density at radius 3 is 2.32 bits per heavy atom. The van der Waals surface area contributed by atoms with E-state index in [4.69, 9.17) is 14.0 Å². The van der Waals surface area contributed by atoms with Gasteiger partial charge in [0.05, 0.1) is 11.2 Å². The van der Waals surface area contributed by atoms with E-state index in [0.717, 1.165) is 11.5 Å². The maximum absolute atomic E-state index is 13.6. The number of esters is 1. The number of pyridine rings is 1. The van der Waals surface area contributed by atoms with Crippen molar-refractivity contribution in [1.82, 2.24) is 4.98 Å². The van der Waals surface area contributed by atoms with Gasteiger partial charge in [-0.25, -0.2) is 9.37 Å². The van der Waals surface area contributed by atoms with E-state index in [0.29, 0.717) is 5.69 Å². The summed E-state index contributed by atoms with van der Waals surface area (Å²) in [6.45, 7) is 10.8. The van der Waals surface area contributed by atoms with Crippen molar-refractivity contribution in [3.05, 3.63) is 53.5 Å². The van der Waals surface area contributed by atoms with Crippen LogP contribution >= 0.6 is 0 Å². The van der Waals surface area contributed by atoms with Crippen LogP contribution < -0.4 is 10.8 Å². The number of carbonyl (C=O) groups is 2. The molecule has 1 fully saturated rings. The largest absolute Gasteiger partial charge is 0.496 e. The van der Waals surface area contributed by atoms with Crippen LogP contribution in [-0.4, -0.2) is 35.2 Å². The molecule has 0 bridgehead atoms. The lowest BCUT2D eigenvalue weighted by atomic mass is 9.78. The van der Waals surface area contributed by atoms with E-state index in [9.17, 15) is 14.0 Å². The Morgan fingerprint density at radius 2 is 1.77 bits per heavy atom. The zero-order valence-corrected chi connectivity index (χ0v) is 18.5. The predicted octanol–water partition coefficient (Wildman–Crippen LogP) is 3.07. The molecule has 1 atom stereocenters. The number of halogens is 1. The monoisotopic (exact) mass is 428 g/mol. The van der Waals surface area contributed by atoms with Crippen molar-refractivity contribution in [3.8, 4) is 0 Å². The van der Waals surface area contributed by atoms with Gasteiger partial charge in [-0.3, -0.25) is 9.59 Å². The molecule has 9 heteroatoms. The van der Waals surface area contributed by atoms with Crippen molar-refractivity contribution in [3.63, 3.8) is 0 Å². The molecule has 0 radical (unpaired) electrons. The molecule has 2 aromatic rings. The summed E-state index contributed by atoms with van der Waals surface area (Å²) >= 11 is 0. The third kappa shape index (κ3) is 4.94. The highest BCUT2D eigenvalue weighted by molar-refractivity contribution is 6.62. The first-order valence-electron chi connectivity index (χ1n) is 9.96. The summed E-state index contributed by atoms with van der Waals surface area (Å²) in [6, 6.07) is 8.72. The Kier molecular flexibility index (Phi) is 6.20. The SMILES string of the molecule is CC(=O)OC(C(=O)Nc1ccc(B2OC(C)(C)C(C)(C)O2)c(C)n1)c1cccc(F)c1. The molecule has 0 spiro atoms. The van der Waals surface area contributed by atoms with Crippen molar-refractivity contribution in [2.24, 2.45) is 0 Å². The number of aryl methyl sites for hydroxylation is 1. The first-order valence-corrected chi connectivity index (χ1v) is 9.96. The zero-order chi connectivity index (χ0) is 23.0. The van der Waals surface area contributed by atoms with Crippen LogP contribution in [-0.2, 0) is 23.6 Å². The highest BCUT2D eigenvalue weighted by Crippen LogP contribution is 2.36.